The van der Waals surface area contributed by atoms with Crippen molar-refractivity contribution in [2.45, 2.75) is 31.0 Å². The second kappa shape index (κ2) is 8.33. The molecule has 6 nitrogen and oxygen atoms in total. The van der Waals surface area contributed by atoms with Gasteiger partial charge in [0.15, 0.2) is 11.0 Å². The fraction of sp³-hybridized carbons (Fsp3) is 0.238. The van der Waals surface area contributed by atoms with E-state index in [1.54, 1.807) is 22.7 Å². The summed E-state index contributed by atoms with van der Waals surface area (Å²) in [7, 11) is 0. The van der Waals surface area contributed by atoms with E-state index in [-0.39, 0.29) is 11.7 Å². The Bertz CT molecular complexity index is 1180. The lowest BCUT2D eigenvalue weighted by molar-refractivity contribution is -0.113. The molecule has 1 aliphatic rings. The number of carbonyl (C=O) groups excluding carboxylic acids is 1. The van der Waals surface area contributed by atoms with Crippen molar-refractivity contribution in [3.63, 3.8) is 0 Å². The molecule has 0 radical (unpaired) electrons. The maximum atomic E-state index is 12.6. The van der Waals surface area contributed by atoms with Crippen LogP contribution in [-0.4, -0.2) is 31.4 Å². The van der Waals surface area contributed by atoms with Crippen molar-refractivity contribution in [2.75, 3.05) is 11.1 Å². The summed E-state index contributed by atoms with van der Waals surface area (Å²) < 4.78 is 2.19. The minimum atomic E-state index is -0.0605. The van der Waals surface area contributed by atoms with E-state index in [1.165, 1.54) is 11.8 Å². The highest BCUT2D eigenvalue weighted by molar-refractivity contribution is 7.99. The molecule has 1 aromatic carbocycles. The van der Waals surface area contributed by atoms with E-state index in [4.69, 9.17) is 0 Å². The highest BCUT2D eigenvalue weighted by Gasteiger charge is 2.30. The molecule has 5 rings (SSSR count). The summed E-state index contributed by atoms with van der Waals surface area (Å²) >= 11 is 4.71. The summed E-state index contributed by atoms with van der Waals surface area (Å²) in [5.74, 6) is 1.13. The molecule has 30 heavy (non-hydrogen) atoms. The molecule has 1 saturated carbocycles. The largest absolute Gasteiger partial charge is 0.325 e. The Balaban J connectivity index is 1.26. The first kappa shape index (κ1) is 19.5. The van der Waals surface area contributed by atoms with Gasteiger partial charge in [0.25, 0.3) is 0 Å². The van der Waals surface area contributed by atoms with Crippen LogP contribution in [0.4, 0.5) is 5.69 Å². The van der Waals surface area contributed by atoms with Gasteiger partial charge in [-0.1, -0.05) is 30.0 Å². The van der Waals surface area contributed by atoms with Crippen LogP contribution in [-0.2, 0) is 4.79 Å². The average molecular weight is 454 g/mol. The normalized spacial score (nSPS) is 13.5. The summed E-state index contributed by atoms with van der Waals surface area (Å²) in [5.41, 5.74) is 2.70. The van der Waals surface area contributed by atoms with Gasteiger partial charge in [0, 0.05) is 22.7 Å². The van der Waals surface area contributed by atoms with Gasteiger partial charge < -0.3 is 5.32 Å². The Morgan fingerprint density at radius 3 is 2.87 bits per heavy atom. The fourth-order valence-electron chi connectivity index (χ4n) is 3.19. The number of aryl methyl sites for hydroxylation is 1. The summed E-state index contributed by atoms with van der Waals surface area (Å²) in [6.45, 7) is 1.99. The average Bonchev–Trinajstić information content (AvgIpc) is 3.12. The van der Waals surface area contributed by atoms with Crippen LogP contribution in [0.3, 0.4) is 0 Å². The summed E-state index contributed by atoms with van der Waals surface area (Å²) in [4.78, 5) is 18.2. The van der Waals surface area contributed by atoms with Gasteiger partial charge in [-0.25, -0.2) is 4.98 Å². The van der Waals surface area contributed by atoms with Crippen LogP contribution in [0, 0.1) is 6.92 Å². The van der Waals surface area contributed by atoms with Crippen LogP contribution < -0.4 is 5.32 Å². The van der Waals surface area contributed by atoms with Crippen LogP contribution in [0.1, 0.15) is 23.9 Å². The van der Waals surface area contributed by atoms with Crippen LogP contribution >= 0.6 is 34.4 Å². The number of carbonyl (C=O) groups is 1. The van der Waals surface area contributed by atoms with Crippen LogP contribution in [0.25, 0.3) is 22.0 Å². The molecule has 1 N–H and O–H groups in total. The third kappa shape index (κ3) is 4.19. The Morgan fingerprint density at radius 2 is 2.13 bits per heavy atom. The van der Waals surface area contributed by atoms with E-state index in [2.05, 4.69) is 31.1 Å². The Labute approximate surface area is 186 Å². The summed E-state index contributed by atoms with van der Waals surface area (Å²) in [5, 5.41) is 17.7. The van der Waals surface area contributed by atoms with Crippen LogP contribution in [0.5, 0.6) is 0 Å². The van der Waals surface area contributed by atoms with Crippen molar-refractivity contribution in [1.29, 1.82) is 0 Å². The molecular formula is C21H19N5OS3. The van der Waals surface area contributed by atoms with Crippen molar-refractivity contribution in [1.82, 2.24) is 19.7 Å². The quantitative estimate of drug-likeness (QED) is 0.374. The monoisotopic (exact) mass is 453 g/mol. The molecule has 0 saturated heterocycles. The Kier molecular flexibility index (Phi) is 5.41. The predicted molar refractivity (Wildman–Crippen MR) is 123 cm³/mol. The molecule has 0 unspecified atom stereocenters. The van der Waals surface area contributed by atoms with Gasteiger partial charge in [0.05, 0.1) is 21.3 Å². The first-order valence-electron chi connectivity index (χ1n) is 9.61. The van der Waals surface area contributed by atoms with Crippen molar-refractivity contribution >= 4 is 46.0 Å². The number of amides is 1. The number of anilines is 1. The number of hydrogen-bond acceptors (Lipinski definition) is 7. The lowest BCUT2D eigenvalue weighted by Crippen LogP contribution is -2.14. The van der Waals surface area contributed by atoms with E-state index < -0.39 is 0 Å². The molecule has 0 spiro atoms. The van der Waals surface area contributed by atoms with E-state index in [9.17, 15) is 4.79 Å². The molecule has 0 aliphatic heterocycles. The zero-order valence-electron chi connectivity index (χ0n) is 16.2. The van der Waals surface area contributed by atoms with Crippen molar-refractivity contribution < 1.29 is 4.79 Å². The zero-order valence-corrected chi connectivity index (χ0v) is 18.7. The molecule has 3 heterocycles. The highest BCUT2D eigenvalue weighted by Crippen LogP contribution is 2.41. The highest BCUT2D eigenvalue weighted by atomic mass is 32.2. The molecule has 4 aromatic rings. The standard InChI is InChI=1S/C21H19N5OS3/c1-13-22-17(11-29-13)14-4-2-5-15(10-14)23-19(27)12-30-21-25-24-20(18-6-3-9-28-18)26(21)16-7-8-16/h2-6,9-11,16H,7-8,12H2,1H3,(H,23,27). The number of thiazole rings is 1. The topological polar surface area (TPSA) is 72.7 Å². The van der Waals surface area contributed by atoms with Gasteiger partial charge in [0.2, 0.25) is 5.91 Å². The molecular weight excluding hydrogens is 434 g/mol. The Morgan fingerprint density at radius 1 is 1.23 bits per heavy atom. The van der Waals surface area contributed by atoms with Crippen LogP contribution in [0.15, 0.2) is 52.3 Å². The van der Waals surface area contributed by atoms with Gasteiger partial charge in [-0.05, 0) is 43.3 Å². The molecule has 1 aliphatic carbocycles. The summed E-state index contributed by atoms with van der Waals surface area (Å²) in [6, 6.07) is 12.3. The van der Waals surface area contributed by atoms with Crippen LogP contribution in [0.2, 0.25) is 0 Å². The number of nitrogens with one attached hydrogen (secondary N) is 1. The Hall–Kier alpha value is -2.49. The third-order valence-electron chi connectivity index (χ3n) is 4.71. The van der Waals surface area contributed by atoms with Crippen molar-refractivity contribution in [3.8, 4) is 22.0 Å². The van der Waals surface area contributed by atoms with Crippen molar-refractivity contribution in [2.24, 2.45) is 0 Å². The molecule has 0 atom stereocenters. The molecule has 9 heteroatoms. The van der Waals surface area contributed by atoms with Gasteiger partial charge in [-0.2, -0.15) is 0 Å². The molecule has 1 amide bonds. The van der Waals surface area contributed by atoms with E-state index in [1.807, 2.05) is 48.0 Å². The van der Waals surface area contributed by atoms with E-state index in [0.717, 1.165) is 50.7 Å². The number of rotatable bonds is 7. The number of thioether (sulfide) groups is 1. The number of hydrogen-bond donors (Lipinski definition) is 1. The smallest absolute Gasteiger partial charge is 0.234 e. The molecule has 152 valence electrons. The van der Waals surface area contributed by atoms with Gasteiger partial charge in [-0.3, -0.25) is 9.36 Å². The number of benzene rings is 1. The lowest BCUT2D eigenvalue weighted by atomic mass is 10.1. The maximum absolute atomic E-state index is 12.6. The first-order chi connectivity index (χ1) is 14.7. The second-order valence-corrected chi connectivity index (χ2v) is 10.0. The van der Waals surface area contributed by atoms with E-state index >= 15 is 0 Å². The van der Waals surface area contributed by atoms with Gasteiger partial charge in [-0.15, -0.1) is 32.9 Å². The zero-order chi connectivity index (χ0) is 20.5. The minimum Gasteiger partial charge on any atom is -0.325 e. The predicted octanol–water partition coefficient (Wildman–Crippen LogP) is 5.50. The lowest BCUT2D eigenvalue weighted by Gasteiger charge is -2.09. The second-order valence-electron chi connectivity index (χ2n) is 7.05. The van der Waals surface area contributed by atoms with Crippen molar-refractivity contribution in [3.05, 3.63) is 52.2 Å². The molecule has 0 bridgehead atoms. The minimum absolute atomic E-state index is 0.0605. The number of aromatic nitrogens is 4. The SMILES string of the molecule is Cc1nc(-c2cccc(NC(=O)CSc3nnc(-c4cccs4)n3C3CC3)c2)cs1. The van der Waals surface area contributed by atoms with E-state index in [0.29, 0.717) is 6.04 Å². The maximum Gasteiger partial charge on any atom is 0.234 e. The summed E-state index contributed by atoms with van der Waals surface area (Å²) in [6.07, 6.45) is 2.28. The van der Waals surface area contributed by atoms with Gasteiger partial charge >= 0.3 is 0 Å². The van der Waals surface area contributed by atoms with Gasteiger partial charge in [0.1, 0.15) is 0 Å². The number of nitrogens with zero attached hydrogens (tertiary/aromatic N) is 4. The first-order valence-corrected chi connectivity index (χ1v) is 12.4. The molecule has 3 aromatic heterocycles. The molecule has 1 fully saturated rings. The number of thiophene rings is 1. The third-order valence-corrected chi connectivity index (χ3v) is 7.29. The fourth-order valence-corrected chi connectivity index (χ4v) is 5.32.